The van der Waals surface area contributed by atoms with Crippen LogP contribution < -0.4 is 9.80 Å². The Hall–Kier alpha value is -17.8. The quantitative estimate of drug-likeness (QED) is 0.0964. The maximum absolute atomic E-state index is 2.39. The van der Waals surface area contributed by atoms with Crippen molar-refractivity contribution in [3.05, 3.63) is 522 Å². The Balaban J connectivity index is 0.000000143. The van der Waals surface area contributed by atoms with Crippen molar-refractivity contribution in [2.75, 3.05) is 9.80 Å². The Bertz CT molecular complexity index is 8720. The van der Waals surface area contributed by atoms with Gasteiger partial charge in [-0.3, -0.25) is 0 Å². The molecule has 26 aromatic rings. The molecule has 0 fully saturated rings. The van der Waals surface area contributed by atoms with E-state index >= 15 is 0 Å². The lowest BCUT2D eigenvalue weighted by Crippen LogP contribution is -2.10. The third-order valence-electron chi connectivity index (χ3n) is 27.1. The summed E-state index contributed by atoms with van der Waals surface area (Å²) in [4.78, 5) is 4.75. The van der Waals surface area contributed by atoms with Crippen LogP contribution in [-0.4, -0.2) is 18.3 Å². The number of rotatable bonds is 16. The second-order valence-corrected chi connectivity index (χ2v) is 34.7. The maximum Gasteiger partial charge on any atom is 0.0541 e. The van der Waals surface area contributed by atoms with Crippen LogP contribution in [0.4, 0.5) is 34.1 Å². The van der Waals surface area contributed by atoms with Crippen LogP contribution in [0.5, 0.6) is 0 Å². The normalized spacial score (nSPS) is 11.6. The van der Waals surface area contributed by atoms with Crippen molar-refractivity contribution in [1.82, 2.24) is 18.3 Å². The average molecular weight is 1710 g/mol. The number of nitrogens with zero attached hydrogens (tertiary/aromatic N) is 6. The van der Waals surface area contributed by atoms with Crippen LogP contribution in [0.15, 0.2) is 522 Å². The van der Waals surface area contributed by atoms with E-state index in [1.165, 1.54) is 176 Å². The summed E-state index contributed by atoms with van der Waals surface area (Å²) in [5.74, 6) is 0. The van der Waals surface area contributed by atoms with Gasteiger partial charge in [-0.2, -0.15) is 0 Å². The summed E-state index contributed by atoms with van der Waals surface area (Å²) >= 11 is 0. The van der Waals surface area contributed by atoms with Gasteiger partial charge in [0.05, 0.1) is 44.1 Å². The molecule has 628 valence electrons. The molecule has 0 unspecified atom stereocenters. The highest BCUT2D eigenvalue weighted by molar-refractivity contribution is 6.13. The molecule has 4 heterocycles. The minimum atomic E-state index is 1.08. The number of hydrogen-bond donors (Lipinski definition) is 0. The van der Waals surface area contributed by atoms with E-state index in [1.807, 2.05) is 0 Å². The van der Waals surface area contributed by atoms with Gasteiger partial charge < -0.3 is 28.1 Å². The standard InChI is InChI=1S/2C64H43N3/c1-2-17-55-48(13-1)14-11-22-56(55)49-29-27-44(28-30-49)45-31-37-50(38-32-45)65(53-15-12-16-54(43-53)67-63-25-9-5-20-59(63)60-21-6-10-26-64(60)67)51-39-33-46(34-40-51)47-35-41-52(42-36-47)66-61-23-7-3-18-57(61)58-19-4-8-24-62(58)66;1-2-13-50-42-51(29-28-44(50)12-1)49-26-24-45(25-27-49)46-30-36-52(37-31-46)65(55-14-11-15-56(43-55)67-63-22-9-5-18-59(63)60-19-6-10-23-64(60)67)53-38-32-47(33-39-53)48-34-40-54(41-35-48)66-61-20-7-3-16-57(61)58-17-4-8-21-62(58)66/h2*1-43H. The van der Waals surface area contributed by atoms with Crippen molar-refractivity contribution in [1.29, 1.82) is 0 Å². The molecule has 6 nitrogen and oxygen atoms in total. The Kier molecular flexibility index (Phi) is 19.5. The predicted molar refractivity (Wildman–Crippen MR) is 567 cm³/mol. The molecule has 4 aromatic heterocycles. The van der Waals surface area contributed by atoms with Gasteiger partial charge in [0.15, 0.2) is 0 Å². The van der Waals surface area contributed by atoms with Crippen LogP contribution in [0.2, 0.25) is 0 Å². The molecule has 134 heavy (non-hydrogen) atoms. The third-order valence-corrected chi connectivity index (χ3v) is 27.1. The van der Waals surface area contributed by atoms with E-state index in [2.05, 4.69) is 550 Å². The zero-order valence-electron chi connectivity index (χ0n) is 73.3. The second-order valence-electron chi connectivity index (χ2n) is 34.7. The van der Waals surface area contributed by atoms with E-state index in [-0.39, 0.29) is 0 Å². The minimum Gasteiger partial charge on any atom is -0.310 e. The van der Waals surface area contributed by atoms with Gasteiger partial charge in [0.2, 0.25) is 0 Å². The molecule has 0 aliphatic heterocycles. The smallest absolute Gasteiger partial charge is 0.0541 e. The molecule has 0 saturated heterocycles. The Morgan fingerprint density at radius 3 is 0.664 bits per heavy atom. The van der Waals surface area contributed by atoms with Gasteiger partial charge in [0.1, 0.15) is 0 Å². The van der Waals surface area contributed by atoms with Gasteiger partial charge in [0, 0.05) is 100.0 Å². The maximum atomic E-state index is 2.39. The fourth-order valence-electron chi connectivity index (χ4n) is 20.6. The fraction of sp³-hybridized carbons (Fsp3) is 0. The summed E-state index contributed by atoms with van der Waals surface area (Å²) < 4.78 is 9.53. The number of aromatic nitrogens is 4. The molecule has 0 radical (unpaired) electrons. The van der Waals surface area contributed by atoms with Gasteiger partial charge >= 0.3 is 0 Å². The molecule has 0 amide bonds. The van der Waals surface area contributed by atoms with E-state index < -0.39 is 0 Å². The topological polar surface area (TPSA) is 26.2 Å². The summed E-state index contributed by atoms with van der Waals surface area (Å²) in [6.45, 7) is 0. The van der Waals surface area contributed by atoms with Crippen LogP contribution >= 0.6 is 0 Å². The van der Waals surface area contributed by atoms with Crippen molar-refractivity contribution in [3.8, 4) is 89.5 Å². The zero-order valence-corrected chi connectivity index (χ0v) is 73.3. The number of fused-ring (bicyclic) bond motifs is 14. The van der Waals surface area contributed by atoms with E-state index in [4.69, 9.17) is 0 Å². The molecule has 26 rings (SSSR count). The van der Waals surface area contributed by atoms with Crippen LogP contribution in [0.1, 0.15) is 0 Å². The first-order chi connectivity index (χ1) is 66.4. The Morgan fingerprint density at radius 1 is 0.119 bits per heavy atom. The zero-order chi connectivity index (χ0) is 88.5. The number of hydrogen-bond acceptors (Lipinski definition) is 2. The molecule has 0 N–H and O–H groups in total. The largest absolute Gasteiger partial charge is 0.310 e. The monoisotopic (exact) mass is 1710 g/mol. The Morgan fingerprint density at radius 2 is 0.343 bits per heavy atom. The van der Waals surface area contributed by atoms with Gasteiger partial charge in [-0.25, -0.2) is 0 Å². The molecule has 0 atom stereocenters. The minimum absolute atomic E-state index is 1.08. The number of benzene rings is 22. The molecular formula is C128H86N6. The van der Waals surface area contributed by atoms with Crippen molar-refractivity contribution >= 4 is 143 Å². The number of anilines is 6. The summed E-state index contributed by atoms with van der Waals surface area (Å²) in [5, 5.41) is 15.1. The first-order valence-corrected chi connectivity index (χ1v) is 46.0. The van der Waals surface area contributed by atoms with Gasteiger partial charge in [-0.1, -0.05) is 358 Å². The fourth-order valence-corrected chi connectivity index (χ4v) is 20.6. The first-order valence-electron chi connectivity index (χ1n) is 46.0. The van der Waals surface area contributed by atoms with Gasteiger partial charge in [0.25, 0.3) is 0 Å². The molecular weight excluding hydrogens is 1620 g/mol. The lowest BCUT2D eigenvalue weighted by Gasteiger charge is -2.26. The summed E-state index contributed by atoms with van der Waals surface area (Å²) in [5.41, 5.74) is 34.9. The van der Waals surface area contributed by atoms with E-state index in [0.717, 1.165) is 56.9 Å². The van der Waals surface area contributed by atoms with Crippen LogP contribution in [0, 0.1) is 0 Å². The summed E-state index contributed by atoms with van der Waals surface area (Å²) in [7, 11) is 0. The SMILES string of the molecule is c1cc(N(c2ccc(-c3ccc(-c4ccc5ccccc5c4)cc3)cc2)c2ccc(-c3ccc(-n4c5ccccc5c5ccccc54)cc3)cc2)cc(-n2c3ccccc3c3ccccc32)c1.c1cc(N(c2ccc(-c3ccc(-c4cccc5ccccc45)cc3)cc2)c2ccc(-c3ccc(-n4c5ccccc5c5ccccc54)cc3)cc2)cc(-n2c3ccccc3c3ccccc32)c1. The molecule has 0 bridgehead atoms. The summed E-state index contributed by atoms with van der Waals surface area (Å²) in [6, 6.07) is 190. The highest BCUT2D eigenvalue weighted by Gasteiger charge is 2.23. The lowest BCUT2D eigenvalue weighted by molar-refractivity contribution is 1.17. The van der Waals surface area contributed by atoms with E-state index in [0.29, 0.717) is 0 Å². The van der Waals surface area contributed by atoms with Crippen molar-refractivity contribution in [3.63, 3.8) is 0 Å². The highest BCUT2D eigenvalue weighted by Crippen LogP contribution is 2.45. The second kappa shape index (κ2) is 33.3. The molecule has 0 aliphatic rings. The predicted octanol–water partition coefficient (Wildman–Crippen LogP) is 35.0. The summed E-state index contributed by atoms with van der Waals surface area (Å²) in [6.07, 6.45) is 0. The average Bonchev–Trinajstić information content (AvgIpc) is 1.61. The van der Waals surface area contributed by atoms with E-state index in [9.17, 15) is 0 Å². The Labute approximate surface area is 776 Å². The molecule has 22 aromatic carbocycles. The van der Waals surface area contributed by atoms with Crippen LogP contribution in [-0.2, 0) is 0 Å². The van der Waals surface area contributed by atoms with Gasteiger partial charge in [-0.05, 0) is 252 Å². The van der Waals surface area contributed by atoms with Gasteiger partial charge in [-0.15, -0.1) is 0 Å². The molecule has 0 saturated carbocycles. The van der Waals surface area contributed by atoms with Crippen molar-refractivity contribution in [2.45, 2.75) is 0 Å². The molecule has 0 spiro atoms. The number of para-hydroxylation sites is 8. The molecule has 6 heteroatoms. The van der Waals surface area contributed by atoms with Crippen molar-refractivity contribution in [2.24, 2.45) is 0 Å². The first kappa shape index (κ1) is 78.4. The highest BCUT2D eigenvalue weighted by atomic mass is 15.2. The third kappa shape index (κ3) is 14.0. The lowest BCUT2D eigenvalue weighted by atomic mass is 9.96. The van der Waals surface area contributed by atoms with Crippen LogP contribution in [0.25, 0.3) is 198 Å². The van der Waals surface area contributed by atoms with Crippen LogP contribution in [0.3, 0.4) is 0 Å². The molecule has 0 aliphatic carbocycles. The van der Waals surface area contributed by atoms with E-state index in [1.54, 1.807) is 0 Å². The van der Waals surface area contributed by atoms with Crippen molar-refractivity contribution < 1.29 is 0 Å².